The lowest BCUT2D eigenvalue weighted by Crippen LogP contribution is -2.62. The first-order valence-electron chi connectivity index (χ1n) is 13.9. The predicted octanol–water partition coefficient (Wildman–Crippen LogP) is 6.40. The number of benzene rings is 2. The SMILES string of the molecule is CCl.C[NH+]=C\C=C/C=C/C=C/c1ccc(N(C)CCSSCCN(C)c2ccc(/C=C/c3cccc[n+]3C)cc2)cc1. The number of pyridine rings is 1. The zero-order valence-electron chi connectivity index (χ0n) is 25.5. The fourth-order valence-corrected chi connectivity index (χ4v) is 5.89. The summed E-state index contributed by atoms with van der Waals surface area (Å²) in [5.41, 5.74) is 6.10. The van der Waals surface area contributed by atoms with E-state index in [0.29, 0.717) is 0 Å². The molecule has 0 spiro atoms. The standard InChI is InChI=1S/C34H41N4S2.CH3Cl/c1-35-24-10-7-5-6-8-12-30-14-20-33(21-15-30)37(3)26-28-39-40-29-27-38(4)34-22-17-31(18-23-34)16-19-32-13-9-11-25-36(32)2;1-2/h5-25H,26-29H2,1-4H3;1H3/q+1;/p+1/b6-5+,10-7-,12-8+,35-24?;. The Kier molecular flexibility index (Phi) is 17.9. The number of alkyl halides is 1. The van der Waals surface area contributed by atoms with Crippen molar-refractivity contribution < 1.29 is 9.56 Å². The van der Waals surface area contributed by atoms with Crippen LogP contribution in [0.2, 0.25) is 0 Å². The highest BCUT2D eigenvalue weighted by atomic mass is 35.5. The van der Waals surface area contributed by atoms with Crippen LogP contribution in [0.25, 0.3) is 18.2 Å². The van der Waals surface area contributed by atoms with Crippen LogP contribution < -0.4 is 19.4 Å². The van der Waals surface area contributed by atoms with Gasteiger partial charge in [0.25, 0.3) is 0 Å². The second kappa shape index (κ2) is 21.5. The summed E-state index contributed by atoms with van der Waals surface area (Å²) in [6.45, 7) is 2.05. The fraction of sp³-hybridized carbons (Fsp3) is 0.257. The molecule has 3 rings (SSSR count). The van der Waals surface area contributed by atoms with E-state index in [1.54, 1.807) is 0 Å². The smallest absolute Gasteiger partial charge is 0.204 e. The van der Waals surface area contributed by atoms with Crippen LogP contribution in [0.4, 0.5) is 11.4 Å². The molecule has 0 aliphatic rings. The number of aromatic nitrogens is 1. The Morgan fingerprint density at radius 2 is 1.21 bits per heavy atom. The van der Waals surface area contributed by atoms with Crippen molar-refractivity contribution >= 4 is 69.0 Å². The average Bonchev–Trinajstić information content (AvgIpc) is 3.03. The van der Waals surface area contributed by atoms with E-state index in [9.17, 15) is 0 Å². The zero-order valence-corrected chi connectivity index (χ0v) is 27.9. The monoisotopic (exact) mass is 620 g/mol. The molecule has 0 radical (unpaired) electrons. The molecule has 2 aromatic carbocycles. The summed E-state index contributed by atoms with van der Waals surface area (Å²) in [4.78, 5) is 7.62. The summed E-state index contributed by atoms with van der Waals surface area (Å²) in [5.74, 6) is 2.19. The first kappa shape index (κ1) is 35.0. The van der Waals surface area contributed by atoms with E-state index >= 15 is 0 Å². The Bertz CT molecular complexity index is 1300. The second-order valence-corrected chi connectivity index (χ2v) is 12.0. The third-order valence-electron chi connectivity index (χ3n) is 6.31. The van der Waals surface area contributed by atoms with Crippen molar-refractivity contribution in [3.05, 3.63) is 120 Å². The van der Waals surface area contributed by atoms with Gasteiger partial charge in [0.1, 0.15) is 14.1 Å². The molecular formula is C35H45ClN4S2+2. The van der Waals surface area contributed by atoms with Crippen LogP contribution in [0.5, 0.6) is 0 Å². The average molecular weight is 621 g/mol. The van der Waals surface area contributed by atoms with E-state index in [1.807, 2.05) is 65.2 Å². The van der Waals surface area contributed by atoms with Crippen LogP contribution in [0.1, 0.15) is 16.8 Å². The van der Waals surface area contributed by atoms with E-state index in [1.165, 1.54) is 34.6 Å². The van der Waals surface area contributed by atoms with Gasteiger partial charge in [-0.25, -0.2) is 4.57 Å². The molecule has 42 heavy (non-hydrogen) atoms. The van der Waals surface area contributed by atoms with Crippen molar-refractivity contribution in [1.82, 2.24) is 0 Å². The van der Waals surface area contributed by atoms with Crippen LogP contribution in [0.3, 0.4) is 0 Å². The maximum absolute atomic E-state index is 4.64. The van der Waals surface area contributed by atoms with E-state index in [-0.39, 0.29) is 0 Å². The fourth-order valence-electron chi connectivity index (χ4n) is 3.81. The van der Waals surface area contributed by atoms with Crippen LogP contribution in [-0.4, -0.2) is 58.3 Å². The number of aryl methyl sites for hydroxylation is 1. The number of anilines is 2. The lowest BCUT2D eigenvalue weighted by molar-refractivity contribution is -0.673. The molecular weight excluding hydrogens is 576 g/mol. The maximum atomic E-state index is 4.64. The normalized spacial score (nSPS) is 11.7. The predicted molar refractivity (Wildman–Crippen MR) is 193 cm³/mol. The molecule has 0 atom stereocenters. The molecule has 0 aliphatic carbocycles. The van der Waals surface area contributed by atoms with Gasteiger partial charge in [0, 0.05) is 80.7 Å². The first-order chi connectivity index (χ1) is 20.6. The minimum absolute atomic E-state index is 1.03. The van der Waals surface area contributed by atoms with Crippen molar-refractivity contribution in [2.45, 2.75) is 0 Å². The van der Waals surface area contributed by atoms with Gasteiger partial charge in [-0.05, 0) is 47.5 Å². The lowest BCUT2D eigenvalue weighted by Gasteiger charge is -2.20. The van der Waals surface area contributed by atoms with Crippen molar-refractivity contribution in [2.75, 3.05) is 61.9 Å². The molecule has 222 valence electrons. The summed E-state index contributed by atoms with van der Waals surface area (Å²) in [7, 11) is 12.2. The Hall–Kier alpha value is -3.19. The van der Waals surface area contributed by atoms with Crippen LogP contribution in [0.15, 0.2) is 103 Å². The molecule has 1 aromatic heterocycles. The molecule has 0 amide bonds. The molecule has 0 unspecified atom stereocenters. The van der Waals surface area contributed by atoms with E-state index in [0.717, 1.165) is 24.6 Å². The Balaban J connectivity index is 0.00000301. The highest BCUT2D eigenvalue weighted by molar-refractivity contribution is 8.76. The molecule has 0 fully saturated rings. The second-order valence-electron chi connectivity index (χ2n) is 9.32. The van der Waals surface area contributed by atoms with E-state index in [4.69, 9.17) is 0 Å². The number of allylic oxidation sites excluding steroid dienone is 5. The van der Waals surface area contributed by atoms with Gasteiger partial charge in [-0.3, -0.25) is 4.99 Å². The van der Waals surface area contributed by atoms with Crippen LogP contribution in [-0.2, 0) is 7.05 Å². The van der Waals surface area contributed by atoms with Crippen LogP contribution >= 0.6 is 33.2 Å². The molecule has 7 heteroatoms. The Labute approximate surface area is 266 Å². The molecule has 1 heterocycles. The van der Waals surface area contributed by atoms with Gasteiger partial charge in [0.2, 0.25) is 5.69 Å². The maximum Gasteiger partial charge on any atom is 0.204 e. The Morgan fingerprint density at radius 1 is 0.690 bits per heavy atom. The minimum atomic E-state index is 1.03. The minimum Gasteiger partial charge on any atom is -0.374 e. The largest absolute Gasteiger partial charge is 0.374 e. The highest BCUT2D eigenvalue weighted by Gasteiger charge is 2.04. The number of hydrogen-bond acceptors (Lipinski definition) is 4. The van der Waals surface area contributed by atoms with Gasteiger partial charge in [0.15, 0.2) is 12.4 Å². The summed E-state index contributed by atoms with van der Waals surface area (Å²) in [6, 6.07) is 23.7. The molecule has 4 nitrogen and oxygen atoms in total. The molecule has 1 N–H and O–H groups in total. The molecule has 3 aromatic rings. The summed E-state index contributed by atoms with van der Waals surface area (Å²) < 4.78 is 2.12. The third kappa shape index (κ3) is 13.6. The lowest BCUT2D eigenvalue weighted by atomic mass is 10.1. The molecule has 0 saturated heterocycles. The van der Waals surface area contributed by atoms with Crippen LogP contribution in [0, 0.1) is 0 Å². The zero-order chi connectivity index (χ0) is 30.4. The van der Waals surface area contributed by atoms with Crippen molar-refractivity contribution in [2.24, 2.45) is 7.05 Å². The highest BCUT2D eigenvalue weighted by Crippen LogP contribution is 2.23. The number of hydrogen-bond donors (Lipinski definition) is 1. The van der Waals surface area contributed by atoms with Crippen molar-refractivity contribution in [1.29, 1.82) is 0 Å². The Morgan fingerprint density at radius 3 is 1.76 bits per heavy atom. The van der Waals surface area contributed by atoms with Crippen molar-refractivity contribution in [3.63, 3.8) is 0 Å². The van der Waals surface area contributed by atoms with E-state index in [2.05, 4.69) is 143 Å². The summed E-state index contributed by atoms with van der Waals surface area (Å²) in [6.07, 6.45) is 22.0. The van der Waals surface area contributed by atoms with Gasteiger partial charge in [-0.15, -0.1) is 11.6 Å². The third-order valence-corrected chi connectivity index (χ3v) is 8.67. The number of halogens is 1. The van der Waals surface area contributed by atoms with Gasteiger partial charge in [-0.1, -0.05) is 76.2 Å². The molecule has 0 aliphatic heterocycles. The number of rotatable bonds is 15. The molecule has 0 bridgehead atoms. The first-order valence-corrected chi connectivity index (χ1v) is 17.2. The van der Waals surface area contributed by atoms with Gasteiger partial charge < -0.3 is 9.80 Å². The van der Waals surface area contributed by atoms with E-state index < -0.39 is 0 Å². The van der Waals surface area contributed by atoms with Gasteiger partial charge in [-0.2, -0.15) is 0 Å². The quantitative estimate of drug-likeness (QED) is 0.0531. The van der Waals surface area contributed by atoms with Gasteiger partial charge >= 0.3 is 0 Å². The number of nitrogens with one attached hydrogen (secondary N) is 1. The summed E-state index contributed by atoms with van der Waals surface area (Å²) in [5, 5.41) is 0. The summed E-state index contributed by atoms with van der Waals surface area (Å²) >= 11 is 4.64. The van der Waals surface area contributed by atoms with Crippen molar-refractivity contribution in [3.8, 4) is 0 Å². The molecule has 0 saturated carbocycles. The van der Waals surface area contributed by atoms with Gasteiger partial charge in [0.05, 0.1) is 0 Å². The number of nitrogens with zero attached hydrogens (tertiary/aromatic N) is 3. The topological polar surface area (TPSA) is 24.3 Å².